The van der Waals surface area contributed by atoms with Crippen LogP contribution in [-0.2, 0) is 4.79 Å². The molecule has 0 spiro atoms. The van der Waals surface area contributed by atoms with Crippen LogP contribution in [0, 0.1) is 5.92 Å². The Balaban J connectivity index is 3.36. The van der Waals surface area contributed by atoms with Crippen LogP contribution >= 0.6 is 0 Å². The standard InChI is InChI=1S/C12H22O2/c1-3-4-5-6-8-11(2)9-7-10-12(13)14/h7,10-11H,3-6,8-9H2,1-2H3,(H,13,14)/b10-7+. The first-order valence-corrected chi connectivity index (χ1v) is 5.56. The van der Waals surface area contributed by atoms with Crippen molar-refractivity contribution in [1.29, 1.82) is 0 Å². The highest BCUT2D eigenvalue weighted by Gasteiger charge is 1.99. The third-order valence-corrected chi connectivity index (χ3v) is 2.35. The average molecular weight is 198 g/mol. The van der Waals surface area contributed by atoms with E-state index < -0.39 is 5.97 Å². The Bertz CT molecular complexity index is 173. The average Bonchev–Trinajstić information content (AvgIpc) is 2.12. The van der Waals surface area contributed by atoms with Gasteiger partial charge in [0.1, 0.15) is 0 Å². The first-order chi connectivity index (χ1) is 6.66. The second-order valence-corrected chi connectivity index (χ2v) is 3.93. The maximum absolute atomic E-state index is 10.2. The van der Waals surface area contributed by atoms with Crippen molar-refractivity contribution in [3.8, 4) is 0 Å². The molecular weight excluding hydrogens is 176 g/mol. The number of rotatable bonds is 8. The van der Waals surface area contributed by atoms with Gasteiger partial charge in [0.15, 0.2) is 0 Å². The van der Waals surface area contributed by atoms with E-state index in [9.17, 15) is 4.79 Å². The smallest absolute Gasteiger partial charge is 0.327 e. The fourth-order valence-corrected chi connectivity index (χ4v) is 1.44. The highest BCUT2D eigenvalue weighted by Crippen LogP contribution is 2.13. The molecule has 0 saturated heterocycles. The number of carboxylic acids is 1. The van der Waals surface area contributed by atoms with Gasteiger partial charge in [0, 0.05) is 6.08 Å². The first kappa shape index (κ1) is 13.2. The molecule has 0 radical (unpaired) electrons. The van der Waals surface area contributed by atoms with Gasteiger partial charge in [-0.3, -0.25) is 0 Å². The van der Waals surface area contributed by atoms with E-state index in [2.05, 4.69) is 13.8 Å². The highest BCUT2D eigenvalue weighted by atomic mass is 16.4. The van der Waals surface area contributed by atoms with Gasteiger partial charge in [-0.2, -0.15) is 0 Å². The van der Waals surface area contributed by atoms with Crippen molar-refractivity contribution >= 4 is 5.97 Å². The minimum atomic E-state index is -0.844. The minimum absolute atomic E-state index is 0.613. The normalized spacial score (nSPS) is 13.3. The monoisotopic (exact) mass is 198 g/mol. The predicted molar refractivity (Wildman–Crippen MR) is 59.3 cm³/mol. The maximum Gasteiger partial charge on any atom is 0.327 e. The zero-order chi connectivity index (χ0) is 10.8. The van der Waals surface area contributed by atoms with Crippen LogP contribution < -0.4 is 0 Å². The summed E-state index contributed by atoms with van der Waals surface area (Å²) >= 11 is 0. The third-order valence-electron chi connectivity index (χ3n) is 2.35. The molecule has 0 fully saturated rings. The summed E-state index contributed by atoms with van der Waals surface area (Å²) < 4.78 is 0. The molecule has 0 aromatic carbocycles. The second kappa shape index (κ2) is 8.79. The summed E-state index contributed by atoms with van der Waals surface area (Å²) in [4.78, 5) is 10.2. The summed E-state index contributed by atoms with van der Waals surface area (Å²) in [5, 5.41) is 8.39. The van der Waals surface area contributed by atoms with Crippen LogP contribution in [0.2, 0.25) is 0 Å². The summed E-state index contributed by atoms with van der Waals surface area (Å²) in [6, 6.07) is 0. The number of allylic oxidation sites excluding steroid dienone is 1. The molecule has 2 heteroatoms. The zero-order valence-electron chi connectivity index (χ0n) is 9.33. The quantitative estimate of drug-likeness (QED) is 0.477. The molecule has 0 rings (SSSR count). The Hall–Kier alpha value is -0.790. The van der Waals surface area contributed by atoms with E-state index in [0.717, 1.165) is 6.42 Å². The van der Waals surface area contributed by atoms with Crippen LogP contribution in [0.3, 0.4) is 0 Å². The molecule has 0 aliphatic rings. The van der Waals surface area contributed by atoms with Crippen molar-refractivity contribution in [2.75, 3.05) is 0 Å². The molecule has 0 aliphatic carbocycles. The molecule has 2 nitrogen and oxygen atoms in total. The number of carboxylic acid groups (broad SMARTS) is 1. The molecule has 1 atom stereocenters. The van der Waals surface area contributed by atoms with Crippen LogP contribution in [0.5, 0.6) is 0 Å². The lowest BCUT2D eigenvalue weighted by Crippen LogP contribution is -1.94. The zero-order valence-corrected chi connectivity index (χ0v) is 9.33. The molecule has 0 saturated carbocycles. The lowest BCUT2D eigenvalue weighted by atomic mass is 9.99. The fourth-order valence-electron chi connectivity index (χ4n) is 1.44. The summed E-state index contributed by atoms with van der Waals surface area (Å²) in [6.45, 7) is 4.39. The van der Waals surface area contributed by atoms with Crippen molar-refractivity contribution in [3.63, 3.8) is 0 Å². The lowest BCUT2D eigenvalue weighted by molar-refractivity contribution is -0.131. The van der Waals surface area contributed by atoms with Crippen molar-refractivity contribution in [1.82, 2.24) is 0 Å². The van der Waals surface area contributed by atoms with Gasteiger partial charge >= 0.3 is 5.97 Å². The number of aliphatic carboxylic acids is 1. The minimum Gasteiger partial charge on any atom is -0.478 e. The maximum atomic E-state index is 10.2. The van der Waals surface area contributed by atoms with Crippen molar-refractivity contribution < 1.29 is 9.90 Å². The largest absolute Gasteiger partial charge is 0.478 e. The Morgan fingerprint density at radius 2 is 2.07 bits per heavy atom. The van der Waals surface area contributed by atoms with E-state index in [1.165, 1.54) is 38.2 Å². The number of carbonyl (C=O) groups is 1. The van der Waals surface area contributed by atoms with E-state index >= 15 is 0 Å². The van der Waals surface area contributed by atoms with E-state index in [4.69, 9.17) is 5.11 Å². The summed E-state index contributed by atoms with van der Waals surface area (Å²) in [6.07, 6.45) is 10.3. The first-order valence-electron chi connectivity index (χ1n) is 5.56. The van der Waals surface area contributed by atoms with Crippen LogP contribution in [0.25, 0.3) is 0 Å². The van der Waals surface area contributed by atoms with Crippen molar-refractivity contribution in [2.45, 2.75) is 52.4 Å². The Kier molecular flexibility index (Phi) is 8.30. The molecule has 0 aliphatic heterocycles. The summed E-state index contributed by atoms with van der Waals surface area (Å²) in [7, 11) is 0. The van der Waals surface area contributed by atoms with Crippen LogP contribution in [0.1, 0.15) is 52.4 Å². The van der Waals surface area contributed by atoms with E-state index in [1.54, 1.807) is 6.08 Å². The second-order valence-electron chi connectivity index (χ2n) is 3.93. The molecule has 82 valence electrons. The molecule has 14 heavy (non-hydrogen) atoms. The highest BCUT2D eigenvalue weighted by molar-refractivity contribution is 5.79. The van der Waals surface area contributed by atoms with Gasteiger partial charge in [0.05, 0.1) is 0 Å². The Morgan fingerprint density at radius 1 is 1.36 bits per heavy atom. The SMILES string of the molecule is CCCCCCC(C)C/C=C/C(=O)O. The van der Waals surface area contributed by atoms with Gasteiger partial charge in [-0.15, -0.1) is 0 Å². The summed E-state index contributed by atoms with van der Waals surface area (Å²) in [5.41, 5.74) is 0. The Morgan fingerprint density at radius 3 is 2.64 bits per heavy atom. The number of hydrogen-bond donors (Lipinski definition) is 1. The van der Waals surface area contributed by atoms with Gasteiger partial charge in [0.25, 0.3) is 0 Å². The molecule has 0 aromatic rings. The Labute approximate surface area is 87.0 Å². The lowest BCUT2D eigenvalue weighted by Gasteiger charge is -2.07. The third kappa shape index (κ3) is 9.30. The molecule has 0 amide bonds. The molecular formula is C12H22O2. The van der Waals surface area contributed by atoms with Crippen LogP contribution in [0.15, 0.2) is 12.2 Å². The van der Waals surface area contributed by atoms with E-state index in [0.29, 0.717) is 5.92 Å². The molecule has 1 N–H and O–H groups in total. The van der Waals surface area contributed by atoms with Crippen molar-refractivity contribution in [3.05, 3.63) is 12.2 Å². The van der Waals surface area contributed by atoms with Gasteiger partial charge in [-0.05, 0) is 12.3 Å². The van der Waals surface area contributed by atoms with Gasteiger partial charge < -0.3 is 5.11 Å². The van der Waals surface area contributed by atoms with Gasteiger partial charge in [0.2, 0.25) is 0 Å². The molecule has 0 aromatic heterocycles. The van der Waals surface area contributed by atoms with Gasteiger partial charge in [-0.1, -0.05) is 52.0 Å². The molecule has 1 unspecified atom stereocenters. The predicted octanol–water partition coefficient (Wildman–Crippen LogP) is 3.62. The van der Waals surface area contributed by atoms with Crippen molar-refractivity contribution in [2.24, 2.45) is 5.92 Å². The topological polar surface area (TPSA) is 37.3 Å². The van der Waals surface area contributed by atoms with Crippen LogP contribution in [-0.4, -0.2) is 11.1 Å². The van der Waals surface area contributed by atoms with Crippen LogP contribution in [0.4, 0.5) is 0 Å². The summed E-state index contributed by atoms with van der Waals surface area (Å²) in [5.74, 6) is -0.231. The van der Waals surface area contributed by atoms with E-state index in [-0.39, 0.29) is 0 Å². The number of unbranched alkanes of at least 4 members (excludes halogenated alkanes) is 3. The molecule has 0 heterocycles. The number of hydrogen-bond acceptors (Lipinski definition) is 1. The molecule has 0 bridgehead atoms. The van der Waals surface area contributed by atoms with E-state index in [1.807, 2.05) is 0 Å². The van der Waals surface area contributed by atoms with Gasteiger partial charge in [-0.25, -0.2) is 4.79 Å². The fraction of sp³-hybridized carbons (Fsp3) is 0.750.